The Kier molecular flexibility index (Phi) is 53.4. The van der Waals surface area contributed by atoms with Crippen molar-refractivity contribution in [2.45, 2.75) is 0 Å². The van der Waals surface area contributed by atoms with Crippen molar-refractivity contribution in [3.8, 4) is 0 Å². The van der Waals surface area contributed by atoms with Gasteiger partial charge in [0.15, 0.2) is 0 Å². The summed E-state index contributed by atoms with van der Waals surface area (Å²) in [5.41, 5.74) is 0. The van der Waals surface area contributed by atoms with Crippen LogP contribution in [0.3, 0.4) is 0 Å². The summed E-state index contributed by atoms with van der Waals surface area (Å²) in [5.74, 6) is 0. The molecule has 0 aliphatic heterocycles. The van der Waals surface area contributed by atoms with Crippen molar-refractivity contribution in [3.63, 3.8) is 0 Å². The molecule has 0 spiro atoms. The first-order chi connectivity index (χ1) is 4.00. The van der Waals surface area contributed by atoms with E-state index in [9.17, 15) is 0 Å². The van der Waals surface area contributed by atoms with Gasteiger partial charge in [0.2, 0.25) is 0 Å². The number of rotatable bonds is 0. The average Bonchev–Trinajstić information content (AvgIpc) is 1.12. The van der Waals surface area contributed by atoms with E-state index in [1.807, 2.05) is 0 Å². The van der Waals surface area contributed by atoms with Crippen LogP contribution in [0.2, 0.25) is 0 Å². The molecule has 0 saturated heterocycles. The molecule has 0 aromatic heterocycles. The molecule has 0 aliphatic rings. The van der Waals surface area contributed by atoms with E-state index >= 15 is 0 Å². The van der Waals surface area contributed by atoms with Crippen molar-refractivity contribution in [1.29, 1.82) is 0 Å². The van der Waals surface area contributed by atoms with Crippen LogP contribution in [0.5, 0.6) is 0 Å². The van der Waals surface area contributed by atoms with Crippen LogP contribution in [-0.4, -0.2) is 0 Å². The summed E-state index contributed by atoms with van der Waals surface area (Å²) in [7, 11) is -10.8. The van der Waals surface area contributed by atoms with Crippen molar-refractivity contribution in [3.05, 3.63) is 0 Å². The van der Waals surface area contributed by atoms with Crippen molar-refractivity contribution in [2.24, 2.45) is 0 Å². The first-order valence-corrected chi connectivity index (χ1v) is 4.38. The smallest absolute Gasteiger partial charge is 0.822 e. The molecule has 0 heterocycles. The molecule has 0 N–H and O–H groups in total. The Morgan fingerprint density at radius 1 is 0.571 bits per heavy atom. The zero-order valence-corrected chi connectivity index (χ0v) is 27.3. The third-order valence-corrected chi connectivity index (χ3v) is 0. The Bertz CT molecular complexity index is 135. The Morgan fingerprint density at radius 2 is 0.571 bits per heavy atom. The normalized spacial score (nSPS) is 8.43. The summed E-state index contributed by atoms with van der Waals surface area (Å²) in [6.45, 7) is 0. The number of hydrogen-bond donors (Lipinski definition) is 0. The van der Waals surface area contributed by atoms with Crippen molar-refractivity contribution in [2.75, 3.05) is 0 Å². The second-order valence-electron chi connectivity index (χ2n) is 0.894. The largest absolute Gasteiger partial charge is 4.00 e. The van der Waals surface area contributed by atoms with E-state index in [0.717, 1.165) is 0 Å². The molecule has 0 saturated carbocycles. The van der Waals surface area contributed by atoms with Crippen LogP contribution in [0, 0.1) is 41.7 Å². The first-order valence-electron chi connectivity index (χ1n) is 1.46. The predicted molar refractivity (Wildman–Crippen MR) is 15.2 cm³/mol. The number of hydrogen-bond acceptors (Lipinski definition) is 8. The van der Waals surface area contributed by atoms with Crippen LogP contribution >= 0.6 is 15.6 Å². The zero-order valence-electron chi connectivity index (χ0n) is 7.66. The standard InChI is InChI=1S/Ce.2H3O4P.3Rb/c;2*1-5(2,3)4;;;/h;2*(H3,1,2,3,4);;;/q+4;;;3*+1/p-6. The molecule has 0 atom stereocenters. The van der Waals surface area contributed by atoms with Crippen LogP contribution in [0.4, 0.5) is 0 Å². The van der Waals surface area contributed by atoms with Gasteiger partial charge in [0.1, 0.15) is 0 Å². The SMILES string of the molecule is O=P([O-])([O-])[O-].O=P([O-])([O-])[O-].[Ce+4].[Rb+].[Rb+].[Rb+]. The topological polar surface area (TPSA) is 172 Å². The maximum absolute atomic E-state index is 8.55. The fraction of sp³-hybridized carbons (Fsp3) is 0. The molecule has 0 aliphatic carbocycles. The van der Waals surface area contributed by atoms with Crippen LogP contribution < -0.4 is 204 Å². The summed E-state index contributed by atoms with van der Waals surface area (Å²) in [6, 6.07) is 0. The van der Waals surface area contributed by atoms with E-state index in [1.165, 1.54) is 0 Å². The summed E-state index contributed by atoms with van der Waals surface area (Å²) in [6.07, 6.45) is 0. The minimum absolute atomic E-state index is 0. The molecular formula is CeO8P2Rb3+. The molecule has 0 amide bonds. The van der Waals surface area contributed by atoms with Gasteiger partial charge < -0.3 is 38.5 Å². The molecule has 0 rings (SSSR count). The van der Waals surface area contributed by atoms with Gasteiger partial charge in [-0.2, -0.15) is 15.6 Å². The molecule has 64 valence electrons. The molecule has 0 aromatic carbocycles. The minimum atomic E-state index is -5.39. The maximum atomic E-state index is 8.55. The van der Waals surface area contributed by atoms with Gasteiger partial charge in [0.05, 0.1) is 0 Å². The first kappa shape index (κ1) is 37.3. The van der Waals surface area contributed by atoms with E-state index in [1.54, 1.807) is 0 Å². The molecule has 8 nitrogen and oxygen atoms in total. The van der Waals surface area contributed by atoms with Gasteiger partial charge in [-0.05, 0) is 0 Å². The van der Waals surface area contributed by atoms with Gasteiger partial charge in [-0.1, -0.05) is 0 Å². The maximum Gasteiger partial charge on any atom is 4.00 e. The number of phosphoric acid groups is 2. The van der Waals surface area contributed by atoms with Crippen molar-refractivity contribution in [1.82, 2.24) is 0 Å². The average molecular weight is 586 g/mol. The van der Waals surface area contributed by atoms with Crippen LogP contribution in [0.15, 0.2) is 0 Å². The molecule has 14 heteroatoms. The summed E-state index contributed by atoms with van der Waals surface area (Å²) < 4.78 is 17.1. The Labute approximate surface area is 261 Å². The molecule has 0 bridgehead atoms. The van der Waals surface area contributed by atoms with E-state index in [0.29, 0.717) is 0 Å². The Hall–Kier alpha value is 7.01. The van der Waals surface area contributed by atoms with E-state index < -0.39 is 15.6 Å². The zero-order chi connectivity index (χ0) is 9.00. The van der Waals surface area contributed by atoms with Crippen molar-refractivity contribution < 1.29 is 255 Å². The van der Waals surface area contributed by atoms with Crippen LogP contribution in [-0.2, 0) is 9.13 Å². The molecule has 0 aromatic rings. The Balaban J connectivity index is -0.0000000178. The quantitative estimate of drug-likeness (QED) is 0.252. The van der Waals surface area contributed by atoms with Crippen LogP contribution in [0.1, 0.15) is 0 Å². The summed E-state index contributed by atoms with van der Waals surface area (Å²) >= 11 is 0. The molecule has 0 unspecified atom stereocenters. The fourth-order valence-corrected chi connectivity index (χ4v) is 0. The molecule has 0 radical (unpaired) electrons. The van der Waals surface area contributed by atoms with Gasteiger partial charge in [-0.25, -0.2) is 0 Å². The second kappa shape index (κ2) is 20.0. The van der Waals surface area contributed by atoms with Crippen molar-refractivity contribution >= 4 is 15.6 Å². The van der Waals surface area contributed by atoms with E-state index in [4.69, 9.17) is 38.5 Å². The summed E-state index contributed by atoms with van der Waals surface area (Å²) in [5, 5.41) is 0. The van der Waals surface area contributed by atoms with Gasteiger partial charge in [-0.3, -0.25) is 0 Å². The third kappa shape index (κ3) is 125. The van der Waals surface area contributed by atoms with Gasteiger partial charge in [0, 0.05) is 0 Å². The molecule has 0 fully saturated rings. The van der Waals surface area contributed by atoms with E-state index in [-0.39, 0.29) is 216 Å². The van der Waals surface area contributed by atoms with Gasteiger partial charge >= 0.3 is 216 Å². The fourth-order valence-electron chi connectivity index (χ4n) is 0. The van der Waals surface area contributed by atoms with Gasteiger partial charge in [0.25, 0.3) is 0 Å². The Morgan fingerprint density at radius 3 is 0.571 bits per heavy atom. The molecular weight excluding hydrogens is 586 g/mol. The van der Waals surface area contributed by atoms with Crippen LogP contribution in [0.25, 0.3) is 0 Å². The van der Waals surface area contributed by atoms with Gasteiger partial charge in [-0.15, -0.1) is 0 Å². The molecule has 14 heavy (non-hydrogen) atoms. The summed E-state index contributed by atoms with van der Waals surface area (Å²) in [4.78, 5) is 51.3. The van der Waals surface area contributed by atoms with E-state index in [2.05, 4.69) is 0 Å². The predicted octanol–water partition coefficient (Wildman–Crippen LogP) is -14.6. The minimum Gasteiger partial charge on any atom is -0.822 e. The second-order valence-corrected chi connectivity index (χ2v) is 2.68. The third-order valence-electron chi connectivity index (χ3n) is 0. The monoisotopic (exact) mass is 585 g/mol.